The molecule has 0 N–H and O–H groups in total. The molecule has 1 aromatic carbocycles. The highest BCUT2D eigenvalue weighted by Crippen LogP contribution is 2.12. The zero-order chi connectivity index (χ0) is 15.4. The van der Waals surface area contributed by atoms with Gasteiger partial charge >= 0.3 is 0 Å². The first-order chi connectivity index (χ1) is 10.7. The number of hydrogen-bond acceptors (Lipinski definition) is 3. The summed E-state index contributed by atoms with van der Waals surface area (Å²) in [6, 6.07) is 9.54. The molecule has 0 bridgehead atoms. The van der Waals surface area contributed by atoms with E-state index < -0.39 is 0 Å². The monoisotopic (exact) mass is 295 g/mol. The lowest BCUT2D eigenvalue weighted by Gasteiger charge is -2.16. The molecule has 5 nitrogen and oxygen atoms in total. The Labute approximate surface area is 128 Å². The summed E-state index contributed by atoms with van der Waals surface area (Å²) in [6.07, 6.45) is 8.67. The Bertz CT molecular complexity index is 733. The molecule has 0 radical (unpaired) electrons. The van der Waals surface area contributed by atoms with Crippen molar-refractivity contribution in [2.24, 2.45) is 0 Å². The summed E-state index contributed by atoms with van der Waals surface area (Å²) in [4.78, 5) is 18.2. The summed E-state index contributed by atoms with van der Waals surface area (Å²) in [6.45, 7) is 1.23. The molecule has 2 heterocycles. The number of nitrogens with zero attached hydrogens (tertiary/aromatic N) is 3. The maximum Gasteiger partial charge on any atom is 0.253 e. The molecule has 0 saturated heterocycles. The number of carbonyl (C=O) groups excluding carboxylic acids is 1. The summed E-state index contributed by atoms with van der Waals surface area (Å²) in [5, 5.41) is 0. The summed E-state index contributed by atoms with van der Waals surface area (Å²) < 4.78 is 7.00. The molecular formula is C17H17N3O2. The molecule has 3 aromatic rings. The first-order valence-electron chi connectivity index (χ1n) is 7.03. The van der Waals surface area contributed by atoms with E-state index in [0.717, 1.165) is 11.1 Å². The van der Waals surface area contributed by atoms with Gasteiger partial charge in [0, 0.05) is 43.7 Å². The van der Waals surface area contributed by atoms with E-state index in [-0.39, 0.29) is 5.91 Å². The maximum atomic E-state index is 12.5. The Morgan fingerprint density at radius 2 is 2.23 bits per heavy atom. The molecular weight excluding hydrogens is 278 g/mol. The fourth-order valence-corrected chi connectivity index (χ4v) is 2.34. The van der Waals surface area contributed by atoms with Crippen LogP contribution in [-0.2, 0) is 13.1 Å². The Kier molecular flexibility index (Phi) is 4.05. The lowest BCUT2D eigenvalue weighted by Crippen LogP contribution is -2.26. The lowest BCUT2D eigenvalue weighted by molar-refractivity contribution is 0.0785. The van der Waals surface area contributed by atoms with Gasteiger partial charge in [0.05, 0.1) is 18.9 Å². The number of hydrogen-bond donors (Lipinski definition) is 0. The standard InChI is InChI=1S/C17H17N3O2/c1-19(10-15-5-8-22-12-15)17(21)16-4-2-3-14(9-16)11-20-7-6-18-13-20/h2-9,12-13H,10-11H2,1H3. The van der Waals surface area contributed by atoms with E-state index in [9.17, 15) is 4.79 Å². The fraction of sp³-hybridized carbons (Fsp3) is 0.176. The number of imidazole rings is 1. The van der Waals surface area contributed by atoms with E-state index in [1.54, 1.807) is 37.0 Å². The minimum Gasteiger partial charge on any atom is -0.472 e. The molecule has 0 spiro atoms. The highest BCUT2D eigenvalue weighted by atomic mass is 16.3. The van der Waals surface area contributed by atoms with Crippen molar-refractivity contribution in [2.45, 2.75) is 13.1 Å². The summed E-state index contributed by atoms with van der Waals surface area (Å²) in [5.74, 6) is -0.00585. The van der Waals surface area contributed by atoms with Crippen LogP contribution in [0.15, 0.2) is 66.0 Å². The second-order valence-electron chi connectivity index (χ2n) is 5.23. The van der Waals surface area contributed by atoms with E-state index in [2.05, 4.69) is 4.98 Å². The van der Waals surface area contributed by atoms with E-state index in [0.29, 0.717) is 18.7 Å². The molecule has 5 heteroatoms. The fourth-order valence-electron chi connectivity index (χ4n) is 2.34. The van der Waals surface area contributed by atoms with Crippen molar-refractivity contribution in [3.63, 3.8) is 0 Å². The van der Waals surface area contributed by atoms with Gasteiger partial charge in [-0.2, -0.15) is 0 Å². The molecule has 2 aromatic heterocycles. The van der Waals surface area contributed by atoms with Crippen molar-refractivity contribution < 1.29 is 9.21 Å². The average Bonchev–Trinajstić information content (AvgIpc) is 3.20. The second-order valence-corrected chi connectivity index (χ2v) is 5.23. The van der Waals surface area contributed by atoms with Crippen molar-refractivity contribution >= 4 is 5.91 Å². The van der Waals surface area contributed by atoms with E-state index in [1.807, 2.05) is 41.1 Å². The number of benzene rings is 1. The Balaban J connectivity index is 1.72. The van der Waals surface area contributed by atoms with E-state index >= 15 is 0 Å². The average molecular weight is 295 g/mol. The molecule has 3 rings (SSSR count). The summed E-state index contributed by atoms with van der Waals surface area (Å²) >= 11 is 0. The topological polar surface area (TPSA) is 51.3 Å². The van der Waals surface area contributed by atoms with Gasteiger partial charge in [-0.1, -0.05) is 12.1 Å². The molecule has 0 aliphatic carbocycles. The normalized spacial score (nSPS) is 10.6. The van der Waals surface area contributed by atoms with Gasteiger partial charge in [0.25, 0.3) is 5.91 Å². The first kappa shape index (κ1) is 14.1. The van der Waals surface area contributed by atoms with Crippen molar-refractivity contribution in [1.82, 2.24) is 14.5 Å². The van der Waals surface area contributed by atoms with Crippen LogP contribution in [0, 0.1) is 0 Å². The smallest absolute Gasteiger partial charge is 0.253 e. The largest absolute Gasteiger partial charge is 0.472 e. The molecule has 0 saturated carbocycles. The van der Waals surface area contributed by atoms with Crippen LogP contribution in [0.4, 0.5) is 0 Å². The predicted molar refractivity (Wildman–Crippen MR) is 82.3 cm³/mol. The number of furan rings is 1. The third-order valence-electron chi connectivity index (χ3n) is 3.44. The highest BCUT2D eigenvalue weighted by Gasteiger charge is 2.13. The lowest BCUT2D eigenvalue weighted by atomic mass is 10.1. The summed E-state index contributed by atoms with van der Waals surface area (Å²) in [5.41, 5.74) is 2.73. The van der Waals surface area contributed by atoms with Gasteiger partial charge in [-0.15, -0.1) is 0 Å². The van der Waals surface area contributed by atoms with Crippen LogP contribution in [0.1, 0.15) is 21.5 Å². The SMILES string of the molecule is CN(Cc1ccoc1)C(=O)c1cccc(Cn2ccnc2)c1. The zero-order valence-corrected chi connectivity index (χ0v) is 12.3. The van der Waals surface area contributed by atoms with Crippen LogP contribution in [0.25, 0.3) is 0 Å². The number of amides is 1. The Hall–Kier alpha value is -2.82. The molecule has 1 amide bonds. The predicted octanol–water partition coefficient (Wildman–Crippen LogP) is 2.80. The first-order valence-corrected chi connectivity index (χ1v) is 7.03. The molecule has 0 fully saturated rings. The number of aromatic nitrogens is 2. The van der Waals surface area contributed by atoms with Crippen molar-refractivity contribution in [2.75, 3.05) is 7.05 Å². The second kappa shape index (κ2) is 6.30. The van der Waals surface area contributed by atoms with Gasteiger partial charge in [-0.3, -0.25) is 4.79 Å². The van der Waals surface area contributed by atoms with Gasteiger partial charge in [-0.25, -0.2) is 4.98 Å². The zero-order valence-electron chi connectivity index (χ0n) is 12.3. The van der Waals surface area contributed by atoms with Gasteiger partial charge < -0.3 is 13.9 Å². The highest BCUT2D eigenvalue weighted by molar-refractivity contribution is 5.94. The number of carbonyl (C=O) groups is 1. The molecule has 0 atom stereocenters. The maximum absolute atomic E-state index is 12.5. The number of rotatable bonds is 5. The van der Waals surface area contributed by atoms with E-state index in [1.165, 1.54) is 0 Å². The third-order valence-corrected chi connectivity index (χ3v) is 3.44. The quantitative estimate of drug-likeness (QED) is 0.727. The van der Waals surface area contributed by atoms with Crippen molar-refractivity contribution in [3.05, 3.63) is 78.3 Å². The molecule has 112 valence electrons. The van der Waals surface area contributed by atoms with Crippen LogP contribution in [0.3, 0.4) is 0 Å². The Morgan fingerprint density at radius 3 is 2.95 bits per heavy atom. The molecule has 22 heavy (non-hydrogen) atoms. The molecule has 0 aliphatic heterocycles. The Morgan fingerprint density at radius 1 is 1.32 bits per heavy atom. The van der Waals surface area contributed by atoms with E-state index in [4.69, 9.17) is 4.42 Å². The van der Waals surface area contributed by atoms with Gasteiger partial charge in [0.15, 0.2) is 0 Å². The third kappa shape index (κ3) is 3.25. The molecule has 0 aliphatic rings. The van der Waals surface area contributed by atoms with Crippen LogP contribution in [-0.4, -0.2) is 27.4 Å². The van der Waals surface area contributed by atoms with Gasteiger partial charge in [0.2, 0.25) is 0 Å². The van der Waals surface area contributed by atoms with Crippen molar-refractivity contribution in [1.29, 1.82) is 0 Å². The minimum atomic E-state index is -0.00585. The van der Waals surface area contributed by atoms with Gasteiger partial charge in [-0.05, 0) is 23.8 Å². The summed E-state index contributed by atoms with van der Waals surface area (Å²) in [7, 11) is 1.79. The van der Waals surface area contributed by atoms with Crippen LogP contribution >= 0.6 is 0 Å². The van der Waals surface area contributed by atoms with Gasteiger partial charge in [0.1, 0.15) is 0 Å². The van der Waals surface area contributed by atoms with Crippen LogP contribution in [0.2, 0.25) is 0 Å². The van der Waals surface area contributed by atoms with Crippen LogP contribution in [0.5, 0.6) is 0 Å². The van der Waals surface area contributed by atoms with Crippen molar-refractivity contribution in [3.8, 4) is 0 Å². The minimum absolute atomic E-state index is 0.00585. The van der Waals surface area contributed by atoms with Crippen LogP contribution < -0.4 is 0 Å². The molecule has 0 unspecified atom stereocenters.